The Kier molecular flexibility index (Phi) is 5.29. The van der Waals surface area contributed by atoms with Crippen molar-refractivity contribution in [1.29, 1.82) is 0 Å². The highest BCUT2D eigenvalue weighted by molar-refractivity contribution is 9.10. The zero-order valence-electron chi connectivity index (χ0n) is 13.7. The highest BCUT2D eigenvalue weighted by Crippen LogP contribution is 2.33. The fraction of sp³-hybridized carbons (Fsp3) is 0.412. The first-order chi connectivity index (χ1) is 11.9. The maximum atomic E-state index is 13.3. The summed E-state index contributed by atoms with van der Waals surface area (Å²) in [5, 5.41) is 0. The molecule has 0 bridgehead atoms. The monoisotopic (exact) mass is 426 g/mol. The normalized spacial score (nSPS) is 23.3. The summed E-state index contributed by atoms with van der Waals surface area (Å²) in [5.41, 5.74) is 0. The summed E-state index contributed by atoms with van der Waals surface area (Å²) in [6.45, 7) is 4.73. The maximum Gasteiger partial charge on any atom is 0.257 e. The number of carbonyl (C=O) groups excluding carboxylic acids is 2. The van der Waals surface area contributed by atoms with Gasteiger partial charge in [-0.05, 0) is 37.1 Å². The van der Waals surface area contributed by atoms with Gasteiger partial charge in [0.1, 0.15) is 12.4 Å². The van der Waals surface area contributed by atoms with Crippen LogP contribution in [0.1, 0.15) is 12.8 Å². The largest absolute Gasteiger partial charge is 0.491 e. The van der Waals surface area contributed by atoms with Crippen LogP contribution < -0.4 is 4.74 Å². The lowest BCUT2D eigenvalue weighted by Gasteiger charge is -2.30. The van der Waals surface area contributed by atoms with Crippen molar-refractivity contribution in [1.82, 2.24) is 4.90 Å². The van der Waals surface area contributed by atoms with E-state index in [0.29, 0.717) is 36.6 Å². The van der Waals surface area contributed by atoms with E-state index < -0.39 is 9.73 Å². The Bertz CT molecular complexity index is 837. The van der Waals surface area contributed by atoms with E-state index in [4.69, 9.17) is 4.74 Å². The van der Waals surface area contributed by atoms with Crippen LogP contribution in [0.2, 0.25) is 0 Å². The number of likely N-dealkylation sites (tertiary alicyclic amines) is 1. The Hall–Kier alpha value is -1.67. The number of piperidine rings is 1. The molecule has 0 aliphatic carbocycles. The van der Waals surface area contributed by atoms with Gasteiger partial charge in [0.2, 0.25) is 5.91 Å². The van der Waals surface area contributed by atoms with E-state index in [9.17, 15) is 13.8 Å². The lowest BCUT2D eigenvalue weighted by atomic mass is 9.96. The molecule has 1 saturated heterocycles. The molecule has 2 heterocycles. The maximum absolute atomic E-state index is 13.3. The van der Waals surface area contributed by atoms with E-state index in [1.807, 2.05) is 0 Å². The molecule has 6 nitrogen and oxygen atoms in total. The molecule has 0 radical (unpaired) electrons. The second-order valence-electron chi connectivity index (χ2n) is 6.02. The smallest absolute Gasteiger partial charge is 0.257 e. The molecule has 0 N–H and O–H groups in total. The van der Waals surface area contributed by atoms with Gasteiger partial charge in [-0.15, -0.1) is 0 Å². The van der Waals surface area contributed by atoms with Crippen LogP contribution >= 0.6 is 15.9 Å². The molecule has 2 amide bonds. The molecule has 0 saturated carbocycles. The molecular formula is C17H19BrN2O4S. The van der Waals surface area contributed by atoms with Gasteiger partial charge in [0, 0.05) is 23.5 Å². The molecule has 2 aliphatic heterocycles. The first-order valence-corrected chi connectivity index (χ1v) is 10.5. The Morgan fingerprint density at radius 3 is 2.76 bits per heavy atom. The van der Waals surface area contributed by atoms with Gasteiger partial charge in [-0.1, -0.05) is 22.5 Å². The zero-order chi connectivity index (χ0) is 18.0. The highest BCUT2D eigenvalue weighted by Gasteiger charge is 2.30. The molecule has 1 aromatic carbocycles. The van der Waals surface area contributed by atoms with E-state index in [2.05, 4.69) is 26.9 Å². The Labute approximate surface area is 155 Å². The molecule has 25 heavy (non-hydrogen) atoms. The summed E-state index contributed by atoms with van der Waals surface area (Å²) >= 11 is 3.36. The second-order valence-corrected chi connectivity index (χ2v) is 9.24. The number of carbonyl (C=O) groups is 2. The van der Waals surface area contributed by atoms with Gasteiger partial charge < -0.3 is 9.64 Å². The van der Waals surface area contributed by atoms with Crippen molar-refractivity contribution in [3.63, 3.8) is 0 Å². The summed E-state index contributed by atoms with van der Waals surface area (Å²) in [6, 6.07) is 5.24. The summed E-state index contributed by atoms with van der Waals surface area (Å²) in [5.74, 6) is -0.0516. The van der Waals surface area contributed by atoms with Crippen molar-refractivity contribution in [3.8, 4) is 5.75 Å². The van der Waals surface area contributed by atoms with Crippen molar-refractivity contribution in [3.05, 3.63) is 35.3 Å². The molecule has 8 heteroatoms. The van der Waals surface area contributed by atoms with E-state index in [1.165, 1.54) is 6.08 Å². The SMILES string of the molecule is C=CC(=O)N1CCC(C(=O)N=S2(=O)CCOc3ccc(Br)cc32)CC1. The minimum atomic E-state index is -2.83. The number of nitrogens with zero attached hydrogens (tertiary/aromatic N) is 2. The van der Waals surface area contributed by atoms with E-state index in [0.717, 1.165) is 4.47 Å². The van der Waals surface area contributed by atoms with Gasteiger partial charge in [0.25, 0.3) is 5.91 Å². The predicted molar refractivity (Wildman–Crippen MR) is 97.8 cm³/mol. The van der Waals surface area contributed by atoms with Crippen LogP contribution in [0.5, 0.6) is 5.75 Å². The molecule has 1 fully saturated rings. The summed E-state index contributed by atoms with van der Waals surface area (Å²) in [4.78, 5) is 26.3. The Morgan fingerprint density at radius 2 is 2.08 bits per heavy atom. The van der Waals surface area contributed by atoms with Crippen molar-refractivity contribution in [2.75, 3.05) is 25.4 Å². The van der Waals surface area contributed by atoms with Crippen LogP contribution in [-0.4, -0.2) is 46.4 Å². The fourth-order valence-electron chi connectivity index (χ4n) is 3.02. The molecule has 1 unspecified atom stereocenters. The van der Waals surface area contributed by atoms with Crippen LogP contribution in [0, 0.1) is 5.92 Å². The highest BCUT2D eigenvalue weighted by atomic mass is 79.9. The van der Waals surface area contributed by atoms with Crippen molar-refractivity contribution in [2.45, 2.75) is 17.7 Å². The Balaban J connectivity index is 1.81. The number of rotatable bonds is 2. The second kappa shape index (κ2) is 7.29. The third-order valence-electron chi connectivity index (χ3n) is 4.43. The van der Waals surface area contributed by atoms with Crippen molar-refractivity contribution >= 4 is 37.5 Å². The molecule has 0 aromatic heterocycles. The fourth-order valence-corrected chi connectivity index (χ4v) is 5.44. The lowest BCUT2D eigenvalue weighted by Crippen LogP contribution is -2.39. The van der Waals surface area contributed by atoms with E-state index in [1.54, 1.807) is 23.1 Å². The predicted octanol–water partition coefficient (Wildman–Crippen LogP) is 2.62. The topological polar surface area (TPSA) is 76.0 Å². The third-order valence-corrected chi connectivity index (χ3v) is 7.13. The quantitative estimate of drug-likeness (QED) is 0.680. The molecule has 0 spiro atoms. The number of halogens is 1. The molecule has 1 aromatic rings. The van der Waals surface area contributed by atoms with Gasteiger partial charge in [-0.25, -0.2) is 4.21 Å². The average molecular weight is 427 g/mol. The molecule has 134 valence electrons. The van der Waals surface area contributed by atoms with E-state index in [-0.39, 0.29) is 30.1 Å². The van der Waals surface area contributed by atoms with Gasteiger partial charge in [0.15, 0.2) is 0 Å². The lowest BCUT2D eigenvalue weighted by molar-refractivity contribution is -0.130. The van der Waals surface area contributed by atoms with Crippen molar-refractivity contribution in [2.24, 2.45) is 10.3 Å². The summed E-state index contributed by atoms with van der Waals surface area (Å²) in [7, 11) is -2.83. The Morgan fingerprint density at radius 1 is 1.36 bits per heavy atom. The molecule has 3 rings (SSSR count). The minimum Gasteiger partial charge on any atom is -0.491 e. The van der Waals surface area contributed by atoms with Crippen LogP contribution in [0.25, 0.3) is 0 Å². The van der Waals surface area contributed by atoms with E-state index >= 15 is 0 Å². The van der Waals surface area contributed by atoms with Crippen LogP contribution in [0.15, 0.2) is 44.6 Å². The number of hydrogen-bond donors (Lipinski definition) is 0. The number of fused-ring (bicyclic) bond motifs is 1. The van der Waals surface area contributed by atoms with Gasteiger partial charge in [-0.3, -0.25) is 9.59 Å². The van der Waals surface area contributed by atoms with Gasteiger partial charge >= 0.3 is 0 Å². The number of ether oxygens (including phenoxy) is 1. The first-order valence-electron chi connectivity index (χ1n) is 8.05. The number of benzene rings is 1. The first kappa shape index (κ1) is 18.1. The molecular weight excluding hydrogens is 408 g/mol. The molecule has 1 atom stereocenters. The van der Waals surface area contributed by atoms with Gasteiger partial charge in [0.05, 0.1) is 20.4 Å². The standard InChI is InChI=1S/C17H19BrN2O4S/c1-2-16(21)20-7-5-12(6-8-20)17(22)19-25(23)10-9-24-14-4-3-13(18)11-15(14)25/h2-4,11-12H,1,5-10H2. The minimum absolute atomic E-state index is 0.128. The van der Waals surface area contributed by atoms with Gasteiger partial charge in [-0.2, -0.15) is 4.36 Å². The number of amides is 2. The number of hydrogen-bond acceptors (Lipinski definition) is 4. The molecule has 2 aliphatic rings. The van der Waals surface area contributed by atoms with Crippen LogP contribution in [0.4, 0.5) is 0 Å². The zero-order valence-corrected chi connectivity index (χ0v) is 16.1. The van der Waals surface area contributed by atoms with Crippen molar-refractivity contribution < 1.29 is 18.5 Å². The summed E-state index contributed by atoms with van der Waals surface area (Å²) < 4.78 is 23.7. The third kappa shape index (κ3) is 3.79. The average Bonchev–Trinajstić information content (AvgIpc) is 2.62. The van der Waals surface area contributed by atoms with Crippen LogP contribution in [0.3, 0.4) is 0 Å². The summed E-state index contributed by atoms with van der Waals surface area (Å²) in [6.07, 6.45) is 2.33. The van der Waals surface area contributed by atoms with Crippen LogP contribution in [-0.2, 0) is 19.3 Å².